The standard InChI is InChI=1S/C15H21N3O3/c1-15(2,3)21-14(20)18-8-7-17(13(19)11-18)10-12-5-4-6-16-9-12/h4-6,9H,7-8,10-11H2,1-3H3. The van der Waals surface area contributed by atoms with Crippen LogP contribution in [0.4, 0.5) is 4.79 Å². The Balaban J connectivity index is 1.90. The molecule has 1 aromatic rings. The fraction of sp³-hybridized carbons (Fsp3) is 0.533. The third kappa shape index (κ3) is 4.44. The van der Waals surface area contributed by atoms with Gasteiger partial charge in [0, 0.05) is 32.0 Å². The zero-order chi connectivity index (χ0) is 15.5. The molecule has 0 bridgehead atoms. The SMILES string of the molecule is CC(C)(C)OC(=O)N1CCN(Cc2cccnc2)C(=O)C1. The van der Waals surface area contributed by atoms with Crippen molar-refractivity contribution >= 4 is 12.0 Å². The summed E-state index contributed by atoms with van der Waals surface area (Å²) in [5, 5.41) is 0. The summed E-state index contributed by atoms with van der Waals surface area (Å²) in [4.78, 5) is 31.3. The first kappa shape index (κ1) is 15.3. The molecule has 1 fully saturated rings. The second kappa shape index (κ2) is 6.11. The first-order chi connectivity index (χ1) is 9.85. The van der Waals surface area contributed by atoms with Crippen LogP contribution in [0.25, 0.3) is 0 Å². The maximum atomic E-state index is 12.1. The molecule has 0 atom stereocenters. The highest BCUT2D eigenvalue weighted by Crippen LogP contribution is 2.13. The molecule has 1 aliphatic heterocycles. The van der Waals surface area contributed by atoms with E-state index in [1.165, 1.54) is 4.90 Å². The molecule has 0 aromatic carbocycles. The lowest BCUT2D eigenvalue weighted by Crippen LogP contribution is -2.52. The van der Waals surface area contributed by atoms with Gasteiger partial charge in [0.1, 0.15) is 12.1 Å². The Morgan fingerprint density at radius 2 is 2.14 bits per heavy atom. The Morgan fingerprint density at radius 1 is 1.38 bits per heavy atom. The smallest absolute Gasteiger partial charge is 0.410 e. The fourth-order valence-electron chi connectivity index (χ4n) is 2.07. The van der Waals surface area contributed by atoms with E-state index in [1.54, 1.807) is 17.3 Å². The number of hydrogen-bond acceptors (Lipinski definition) is 4. The molecular formula is C15H21N3O3. The molecule has 6 heteroatoms. The van der Waals surface area contributed by atoms with Crippen molar-refractivity contribution in [2.45, 2.75) is 32.9 Å². The normalized spacial score (nSPS) is 16.0. The third-order valence-electron chi connectivity index (χ3n) is 3.07. The predicted molar refractivity (Wildman–Crippen MR) is 77.5 cm³/mol. The number of carbonyl (C=O) groups excluding carboxylic acids is 2. The van der Waals surface area contributed by atoms with E-state index in [9.17, 15) is 9.59 Å². The first-order valence-corrected chi connectivity index (χ1v) is 7.00. The molecule has 114 valence electrons. The lowest BCUT2D eigenvalue weighted by Gasteiger charge is -2.35. The highest BCUT2D eigenvalue weighted by Gasteiger charge is 2.30. The highest BCUT2D eigenvalue weighted by molar-refractivity contribution is 5.83. The predicted octanol–water partition coefficient (Wildman–Crippen LogP) is 1.66. The minimum absolute atomic E-state index is 0.0647. The highest BCUT2D eigenvalue weighted by atomic mass is 16.6. The summed E-state index contributed by atoms with van der Waals surface area (Å²) >= 11 is 0. The van der Waals surface area contributed by atoms with Crippen molar-refractivity contribution in [1.82, 2.24) is 14.8 Å². The molecule has 0 radical (unpaired) electrons. The molecule has 1 saturated heterocycles. The topological polar surface area (TPSA) is 62.7 Å². The summed E-state index contributed by atoms with van der Waals surface area (Å²) in [7, 11) is 0. The van der Waals surface area contributed by atoms with E-state index in [0.29, 0.717) is 19.6 Å². The van der Waals surface area contributed by atoms with Crippen molar-refractivity contribution < 1.29 is 14.3 Å². The van der Waals surface area contributed by atoms with Crippen molar-refractivity contribution in [3.63, 3.8) is 0 Å². The van der Waals surface area contributed by atoms with Crippen LogP contribution in [0.2, 0.25) is 0 Å². The van der Waals surface area contributed by atoms with E-state index in [-0.39, 0.29) is 12.5 Å². The molecule has 0 saturated carbocycles. The van der Waals surface area contributed by atoms with Crippen LogP contribution in [0.15, 0.2) is 24.5 Å². The average Bonchev–Trinajstić information content (AvgIpc) is 2.40. The number of rotatable bonds is 2. The van der Waals surface area contributed by atoms with Crippen molar-refractivity contribution in [2.75, 3.05) is 19.6 Å². The van der Waals surface area contributed by atoms with Gasteiger partial charge in [0.15, 0.2) is 0 Å². The fourth-order valence-corrected chi connectivity index (χ4v) is 2.07. The molecule has 21 heavy (non-hydrogen) atoms. The number of ether oxygens (including phenoxy) is 1. The van der Waals surface area contributed by atoms with Crippen LogP contribution in [0.1, 0.15) is 26.3 Å². The minimum Gasteiger partial charge on any atom is -0.444 e. The molecule has 0 N–H and O–H groups in total. The van der Waals surface area contributed by atoms with Gasteiger partial charge < -0.3 is 9.64 Å². The Morgan fingerprint density at radius 3 is 2.71 bits per heavy atom. The zero-order valence-corrected chi connectivity index (χ0v) is 12.7. The maximum Gasteiger partial charge on any atom is 0.410 e. The van der Waals surface area contributed by atoms with Gasteiger partial charge in [-0.25, -0.2) is 4.79 Å². The van der Waals surface area contributed by atoms with Crippen LogP contribution in [0.5, 0.6) is 0 Å². The quantitative estimate of drug-likeness (QED) is 0.831. The summed E-state index contributed by atoms with van der Waals surface area (Å²) < 4.78 is 5.29. The maximum absolute atomic E-state index is 12.1. The molecule has 0 unspecified atom stereocenters. The summed E-state index contributed by atoms with van der Waals surface area (Å²) in [6.45, 7) is 7.01. The van der Waals surface area contributed by atoms with E-state index < -0.39 is 11.7 Å². The monoisotopic (exact) mass is 291 g/mol. The van der Waals surface area contributed by atoms with Gasteiger partial charge >= 0.3 is 6.09 Å². The van der Waals surface area contributed by atoms with Gasteiger partial charge in [-0.15, -0.1) is 0 Å². The average molecular weight is 291 g/mol. The number of pyridine rings is 1. The summed E-state index contributed by atoms with van der Waals surface area (Å²) in [5.41, 5.74) is 0.434. The molecule has 2 heterocycles. The minimum atomic E-state index is -0.549. The van der Waals surface area contributed by atoms with Crippen molar-refractivity contribution in [3.05, 3.63) is 30.1 Å². The number of aromatic nitrogens is 1. The van der Waals surface area contributed by atoms with Gasteiger partial charge in [0.05, 0.1) is 0 Å². The second-order valence-electron chi connectivity index (χ2n) is 6.08. The summed E-state index contributed by atoms with van der Waals surface area (Å²) in [5.74, 6) is -0.0732. The van der Waals surface area contributed by atoms with Crippen LogP contribution in [-0.2, 0) is 16.1 Å². The first-order valence-electron chi connectivity index (χ1n) is 7.00. The van der Waals surface area contributed by atoms with Gasteiger partial charge in [-0.3, -0.25) is 14.7 Å². The van der Waals surface area contributed by atoms with Gasteiger partial charge in [-0.1, -0.05) is 6.07 Å². The Bertz CT molecular complexity index is 511. The molecule has 2 amide bonds. The van der Waals surface area contributed by atoms with Crippen LogP contribution in [0, 0.1) is 0 Å². The Labute approximate surface area is 124 Å². The molecule has 0 spiro atoms. The molecule has 0 aliphatic carbocycles. The summed E-state index contributed by atoms with van der Waals surface area (Å²) in [6, 6.07) is 3.78. The Hall–Kier alpha value is -2.11. The summed E-state index contributed by atoms with van der Waals surface area (Å²) in [6.07, 6.45) is 3.01. The van der Waals surface area contributed by atoms with E-state index >= 15 is 0 Å². The van der Waals surface area contributed by atoms with Crippen molar-refractivity contribution in [1.29, 1.82) is 0 Å². The largest absolute Gasteiger partial charge is 0.444 e. The second-order valence-corrected chi connectivity index (χ2v) is 6.08. The molecule has 2 rings (SSSR count). The van der Waals surface area contributed by atoms with Crippen molar-refractivity contribution in [2.24, 2.45) is 0 Å². The number of piperazine rings is 1. The number of amides is 2. The van der Waals surface area contributed by atoms with Crippen LogP contribution in [0.3, 0.4) is 0 Å². The van der Waals surface area contributed by atoms with Gasteiger partial charge in [0.25, 0.3) is 0 Å². The molecule has 6 nitrogen and oxygen atoms in total. The Kier molecular flexibility index (Phi) is 4.45. The van der Waals surface area contributed by atoms with E-state index in [4.69, 9.17) is 4.74 Å². The van der Waals surface area contributed by atoms with Gasteiger partial charge in [0.2, 0.25) is 5.91 Å². The van der Waals surface area contributed by atoms with E-state index in [1.807, 2.05) is 32.9 Å². The van der Waals surface area contributed by atoms with Crippen molar-refractivity contribution in [3.8, 4) is 0 Å². The molecular weight excluding hydrogens is 270 g/mol. The lowest BCUT2D eigenvalue weighted by molar-refractivity contribution is -0.136. The number of nitrogens with zero attached hydrogens (tertiary/aromatic N) is 3. The third-order valence-corrected chi connectivity index (χ3v) is 3.07. The number of hydrogen-bond donors (Lipinski definition) is 0. The van der Waals surface area contributed by atoms with E-state index in [2.05, 4.69) is 4.98 Å². The van der Waals surface area contributed by atoms with Gasteiger partial charge in [-0.2, -0.15) is 0 Å². The molecule has 1 aliphatic rings. The lowest BCUT2D eigenvalue weighted by atomic mass is 10.2. The van der Waals surface area contributed by atoms with Crippen LogP contribution < -0.4 is 0 Å². The molecule has 1 aromatic heterocycles. The van der Waals surface area contributed by atoms with Gasteiger partial charge in [-0.05, 0) is 32.4 Å². The van der Waals surface area contributed by atoms with Crippen LogP contribution in [-0.4, -0.2) is 52.0 Å². The zero-order valence-electron chi connectivity index (χ0n) is 12.7. The van der Waals surface area contributed by atoms with E-state index in [0.717, 1.165) is 5.56 Å². The van der Waals surface area contributed by atoms with Crippen LogP contribution >= 0.6 is 0 Å². The number of carbonyl (C=O) groups is 2.